The summed E-state index contributed by atoms with van der Waals surface area (Å²) in [4.78, 5) is 12.4. The molecule has 0 unspecified atom stereocenters. The largest absolute Gasteiger partial charge is 0.417 e. The van der Waals surface area contributed by atoms with E-state index in [4.69, 9.17) is 5.26 Å². The second-order valence-corrected chi connectivity index (χ2v) is 7.49. The van der Waals surface area contributed by atoms with Crippen LogP contribution in [0.2, 0.25) is 0 Å². The third-order valence-corrected chi connectivity index (χ3v) is 5.30. The van der Waals surface area contributed by atoms with Crippen LogP contribution in [0.3, 0.4) is 0 Å². The first-order chi connectivity index (χ1) is 12.9. The van der Waals surface area contributed by atoms with Crippen molar-refractivity contribution in [1.29, 1.82) is 5.26 Å². The van der Waals surface area contributed by atoms with Gasteiger partial charge in [-0.3, -0.25) is 9.00 Å². The van der Waals surface area contributed by atoms with Gasteiger partial charge in [0.15, 0.2) is 5.60 Å². The molecule has 0 saturated carbocycles. The van der Waals surface area contributed by atoms with Crippen LogP contribution in [-0.2, 0) is 21.8 Å². The van der Waals surface area contributed by atoms with Crippen molar-refractivity contribution in [2.75, 3.05) is 11.1 Å². The number of amides is 1. The Hall–Kier alpha value is -2.77. The maximum absolute atomic E-state index is 13.0. The molecule has 0 heterocycles. The van der Waals surface area contributed by atoms with Crippen molar-refractivity contribution in [2.45, 2.75) is 23.6 Å². The average molecular weight is 414 g/mol. The smallest absolute Gasteiger partial charge is 0.379 e. The molecule has 2 rings (SSSR count). The fourth-order valence-corrected chi connectivity index (χ4v) is 3.46. The minimum absolute atomic E-state index is 0.173. The summed E-state index contributed by atoms with van der Waals surface area (Å²) in [6.07, 6.45) is -4.81. The second kappa shape index (κ2) is 8.08. The van der Waals surface area contributed by atoms with E-state index in [9.17, 15) is 31.7 Å². The van der Waals surface area contributed by atoms with Crippen LogP contribution in [0, 0.1) is 17.1 Å². The highest BCUT2D eigenvalue weighted by Crippen LogP contribution is 2.33. The van der Waals surface area contributed by atoms with Crippen LogP contribution >= 0.6 is 0 Å². The third-order valence-electron chi connectivity index (χ3n) is 3.68. The number of alkyl halides is 3. The predicted octanol–water partition coefficient (Wildman–Crippen LogP) is 3.21. The molecule has 10 heteroatoms. The molecule has 5 nitrogen and oxygen atoms in total. The Morgan fingerprint density at radius 3 is 2.36 bits per heavy atom. The Bertz CT molecular complexity index is 951. The van der Waals surface area contributed by atoms with Gasteiger partial charge in [0.2, 0.25) is 0 Å². The van der Waals surface area contributed by atoms with Gasteiger partial charge in [-0.05, 0) is 49.4 Å². The Balaban J connectivity index is 2.18. The number of carbonyl (C=O) groups is 1. The average Bonchev–Trinajstić information content (AvgIpc) is 2.61. The molecule has 0 aliphatic rings. The molecule has 0 aliphatic heterocycles. The van der Waals surface area contributed by atoms with Gasteiger partial charge < -0.3 is 10.4 Å². The van der Waals surface area contributed by atoms with Crippen LogP contribution < -0.4 is 5.32 Å². The molecule has 0 aromatic heterocycles. The summed E-state index contributed by atoms with van der Waals surface area (Å²) in [7, 11) is -1.86. The summed E-state index contributed by atoms with van der Waals surface area (Å²) >= 11 is 0. The summed E-state index contributed by atoms with van der Waals surface area (Å²) in [5.74, 6) is -2.19. The van der Waals surface area contributed by atoms with Crippen LogP contribution in [-0.4, -0.2) is 26.6 Å². The van der Waals surface area contributed by atoms with Crippen LogP contribution in [0.5, 0.6) is 0 Å². The molecule has 0 bridgehead atoms. The Morgan fingerprint density at radius 1 is 1.21 bits per heavy atom. The highest BCUT2D eigenvalue weighted by molar-refractivity contribution is 7.85. The molecule has 2 atom stereocenters. The van der Waals surface area contributed by atoms with Crippen molar-refractivity contribution in [2.24, 2.45) is 0 Å². The highest BCUT2D eigenvalue weighted by atomic mass is 32.2. The van der Waals surface area contributed by atoms with Crippen molar-refractivity contribution < 1.29 is 31.7 Å². The monoisotopic (exact) mass is 414 g/mol. The van der Waals surface area contributed by atoms with Crippen LogP contribution in [0.25, 0.3) is 0 Å². The zero-order valence-corrected chi connectivity index (χ0v) is 15.2. The van der Waals surface area contributed by atoms with E-state index >= 15 is 0 Å². The molecule has 2 N–H and O–H groups in total. The van der Waals surface area contributed by atoms with Crippen molar-refractivity contribution in [3.8, 4) is 6.07 Å². The van der Waals surface area contributed by atoms with Crippen molar-refractivity contribution >= 4 is 22.4 Å². The molecule has 0 saturated heterocycles. The number of anilines is 1. The van der Waals surface area contributed by atoms with Gasteiger partial charge in [0, 0.05) is 10.6 Å². The molecule has 2 aromatic rings. The minimum atomic E-state index is -4.81. The van der Waals surface area contributed by atoms with E-state index in [0.29, 0.717) is 6.07 Å². The quantitative estimate of drug-likeness (QED) is 0.736. The Morgan fingerprint density at radius 2 is 1.82 bits per heavy atom. The summed E-state index contributed by atoms with van der Waals surface area (Å²) in [6.45, 7) is 1.05. The maximum Gasteiger partial charge on any atom is 0.417 e. The number of hydrogen-bond acceptors (Lipinski definition) is 4. The number of nitriles is 1. The van der Waals surface area contributed by atoms with Gasteiger partial charge in [0.25, 0.3) is 5.91 Å². The molecule has 148 valence electrons. The fraction of sp³-hybridized carbons (Fsp3) is 0.222. The first-order valence-corrected chi connectivity index (χ1v) is 9.05. The van der Waals surface area contributed by atoms with E-state index in [2.05, 4.69) is 5.32 Å². The molecule has 1 amide bonds. The van der Waals surface area contributed by atoms with Gasteiger partial charge in [-0.2, -0.15) is 18.4 Å². The number of benzene rings is 2. The van der Waals surface area contributed by atoms with Gasteiger partial charge >= 0.3 is 6.18 Å². The van der Waals surface area contributed by atoms with Gasteiger partial charge in [-0.15, -0.1) is 0 Å². The second-order valence-electron chi connectivity index (χ2n) is 6.04. The van der Waals surface area contributed by atoms with E-state index in [1.807, 2.05) is 0 Å². The third kappa shape index (κ3) is 5.15. The summed E-state index contributed by atoms with van der Waals surface area (Å²) in [5.41, 5.74) is -4.33. The highest BCUT2D eigenvalue weighted by Gasteiger charge is 2.36. The first kappa shape index (κ1) is 21.5. The van der Waals surface area contributed by atoms with Crippen molar-refractivity contribution in [3.05, 3.63) is 59.4 Å². The molecule has 0 spiro atoms. The van der Waals surface area contributed by atoms with Gasteiger partial charge in [-0.1, -0.05) is 0 Å². The number of nitrogens with zero attached hydrogens (tertiary/aromatic N) is 1. The molecule has 0 radical (unpaired) electrons. The van der Waals surface area contributed by atoms with E-state index in [0.717, 1.165) is 31.2 Å². The van der Waals surface area contributed by atoms with Crippen LogP contribution in [0.15, 0.2) is 47.4 Å². The zero-order valence-electron chi connectivity index (χ0n) is 14.4. The minimum Gasteiger partial charge on any atom is -0.379 e. The lowest BCUT2D eigenvalue weighted by atomic mass is 10.1. The van der Waals surface area contributed by atoms with Gasteiger partial charge in [0.1, 0.15) is 5.82 Å². The number of rotatable bonds is 5. The standard InChI is InChI=1S/C18H14F4N2O3S/c1-17(26,10-28(27)14-6-3-12(19)4-7-14)16(25)24-13-5-2-11(9-23)15(8-13)18(20,21)22/h2-8,26H,10H2,1H3,(H,24,25)/t17-,28-/m0/s1. The molecule has 2 aromatic carbocycles. The van der Waals surface area contributed by atoms with E-state index in [-0.39, 0.29) is 10.6 Å². The number of aliphatic hydroxyl groups is 1. The normalized spacial score (nSPS) is 14.6. The Kier molecular flexibility index (Phi) is 6.21. The van der Waals surface area contributed by atoms with Crippen molar-refractivity contribution in [1.82, 2.24) is 0 Å². The molecule has 0 aliphatic carbocycles. The summed E-state index contributed by atoms with van der Waals surface area (Å²) in [5, 5.41) is 21.2. The molecule has 0 fully saturated rings. The fourth-order valence-electron chi connectivity index (χ4n) is 2.21. The lowest BCUT2D eigenvalue weighted by molar-refractivity contribution is -0.137. The molecule has 28 heavy (non-hydrogen) atoms. The van der Waals surface area contributed by atoms with Gasteiger partial charge in [-0.25, -0.2) is 4.39 Å². The zero-order chi connectivity index (χ0) is 21.1. The van der Waals surface area contributed by atoms with E-state index in [1.165, 1.54) is 18.2 Å². The molecular formula is C18H14F4N2O3S. The molecular weight excluding hydrogens is 400 g/mol. The Labute approximate surface area is 160 Å². The SMILES string of the molecule is C[C@](O)(C[S@](=O)c1ccc(F)cc1)C(=O)Nc1ccc(C#N)c(C(F)(F)F)c1. The van der Waals surface area contributed by atoms with Crippen LogP contribution in [0.4, 0.5) is 23.2 Å². The lowest BCUT2D eigenvalue weighted by Crippen LogP contribution is -2.44. The van der Waals surface area contributed by atoms with Crippen molar-refractivity contribution in [3.63, 3.8) is 0 Å². The lowest BCUT2D eigenvalue weighted by Gasteiger charge is -2.22. The number of halogens is 4. The van der Waals surface area contributed by atoms with E-state index < -0.39 is 51.2 Å². The number of carbonyl (C=O) groups excluding carboxylic acids is 1. The first-order valence-electron chi connectivity index (χ1n) is 7.73. The predicted molar refractivity (Wildman–Crippen MR) is 93.1 cm³/mol. The maximum atomic E-state index is 13.0. The topological polar surface area (TPSA) is 90.2 Å². The van der Waals surface area contributed by atoms with E-state index in [1.54, 1.807) is 0 Å². The summed E-state index contributed by atoms with van der Waals surface area (Å²) < 4.78 is 64.2. The number of nitrogens with one attached hydrogen (secondary N) is 1. The number of hydrogen-bond donors (Lipinski definition) is 2. The summed E-state index contributed by atoms with van der Waals surface area (Å²) in [6, 6.07) is 8.56. The van der Waals surface area contributed by atoms with Gasteiger partial charge in [0.05, 0.1) is 33.7 Å². The van der Waals surface area contributed by atoms with Crippen LogP contribution in [0.1, 0.15) is 18.1 Å².